The summed E-state index contributed by atoms with van der Waals surface area (Å²) in [6, 6.07) is 0. The molecule has 200 valence electrons. The van der Waals surface area contributed by atoms with E-state index in [0.717, 1.165) is 18.3 Å². The minimum Gasteiger partial charge on any atom is -0.381 e. The lowest BCUT2D eigenvalue weighted by molar-refractivity contribution is -0.112. The molecule has 0 aromatic heterocycles. The van der Waals surface area contributed by atoms with Crippen LogP contribution in [0.3, 0.4) is 0 Å². The number of methoxy groups -OCH3 is 2. The van der Waals surface area contributed by atoms with Gasteiger partial charge in [-0.1, -0.05) is 73.1 Å². The maximum absolute atomic E-state index is 6.02. The number of rotatable bonds is 7. The Labute approximate surface area is 217 Å². The van der Waals surface area contributed by atoms with Gasteiger partial charge in [-0.3, -0.25) is 0 Å². The van der Waals surface area contributed by atoms with Gasteiger partial charge >= 0.3 is 0 Å². The first-order valence-electron chi connectivity index (χ1n) is 14.7. The topological polar surface area (TPSA) is 18.5 Å². The van der Waals surface area contributed by atoms with Crippen LogP contribution < -0.4 is 0 Å². The van der Waals surface area contributed by atoms with Crippen LogP contribution in [0.4, 0.5) is 0 Å². The molecule has 1 unspecified atom stereocenters. The third-order valence-corrected chi connectivity index (χ3v) is 12.8. The highest BCUT2D eigenvalue weighted by molar-refractivity contribution is 5.38. The van der Waals surface area contributed by atoms with E-state index < -0.39 is 0 Å². The summed E-state index contributed by atoms with van der Waals surface area (Å²) in [6.45, 7) is 24.4. The van der Waals surface area contributed by atoms with Crippen molar-refractivity contribution in [2.24, 2.45) is 45.3 Å². The van der Waals surface area contributed by atoms with Gasteiger partial charge in [-0.2, -0.15) is 0 Å². The van der Waals surface area contributed by atoms with E-state index in [1.807, 2.05) is 25.4 Å². The van der Waals surface area contributed by atoms with Crippen molar-refractivity contribution >= 4 is 0 Å². The summed E-state index contributed by atoms with van der Waals surface area (Å²) >= 11 is 0. The zero-order chi connectivity index (χ0) is 26.0. The molecule has 0 bridgehead atoms. The van der Waals surface area contributed by atoms with Crippen molar-refractivity contribution < 1.29 is 9.47 Å². The summed E-state index contributed by atoms with van der Waals surface area (Å²) in [5.74, 6) is 2.64. The minimum atomic E-state index is 0.186. The van der Waals surface area contributed by atoms with Crippen LogP contribution in [0.15, 0.2) is 23.3 Å². The summed E-state index contributed by atoms with van der Waals surface area (Å²) in [5.41, 5.74) is 6.39. The summed E-state index contributed by atoms with van der Waals surface area (Å²) in [5, 5.41) is 0. The van der Waals surface area contributed by atoms with Crippen molar-refractivity contribution in [1.29, 1.82) is 0 Å². The van der Waals surface area contributed by atoms with Crippen molar-refractivity contribution in [1.82, 2.24) is 0 Å². The Balaban J connectivity index is 1.63. The molecule has 0 heterocycles. The molecule has 4 aliphatic rings. The van der Waals surface area contributed by atoms with Gasteiger partial charge in [-0.25, -0.2) is 0 Å². The smallest absolute Gasteiger partial charge is 0.0783 e. The first kappa shape index (κ1) is 27.4. The Kier molecular flexibility index (Phi) is 7.29. The van der Waals surface area contributed by atoms with Crippen LogP contribution in [-0.4, -0.2) is 26.4 Å². The van der Waals surface area contributed by atoms with E-state index in [1.54, 1.807) is 0 Å². The van der Waals surface area contributed by atoms with Gasteiger partial charge in [0.1, 0.15) is 0 Å². The summed E-state index contributed by atoms with van der Waals surface area (Å²) < 4.78 is 12.0. The SMILES string of the molecule is C=C(C(C)C)C(C[C@@H](C)[C@H]1CC[C@@]2(C)C3=C(CC[C@]12C)[C@@]1(C)CC[C@H](OC)C(C)(C)[C@@H]1CC3)OC. The quantitative estimate of drug-likeness (QED) is 0.336. The minimum absolute atomic E-state index is 0.186. The lowest BCUT2D eigenvalue weighted by Crippen LogP contribution is -2.55. The number of hydrogen-bond donors (Lipinski definition) is 0. The molecule has 35 heavy (non-hydrogen) atoms. The monoisotopic (exact) mass is 484 g/mol. The van der Waals surface area contributed by atoms with Crippen LogP contribution in [0.5, 0.6) is 0 Å². The molecule has 4 aliphatic carbocycles. The van der Waals surface area contributed by atoms with Crippen LogP contribution in [0.2, 0.25) is 0 Å². The van der Waals surface area contributed by atoms with Crippen molar-refractivity contribution in [2.45, 2.75) is 125 Å². The lowest BCUT2D eigenvalue weighted by Gasteiger charge is -2.62. The molecule has 2 nitrogen and oxygen atoms in total. The third-order valence-electron chi connectivity index (χ3n) is 12.8. The molecule has 0 aromatic rings. The van der Waals surface area contributed by atoms with Crippen LogP contribution in [0.25, 0.3) is 0 Å². The Morgan fingerprint density at radius 2 is 1.60 bits per heavy atom. The van der Waals surface area contributed by atoms with Crippen molar-refractivity contribution in [2.75, 3.05) is 14.2 Å². The fraction of sp³-hybridized carbons (Fsp3) is 0.879. The molecule has 0 N–H and O–H groups in total. The van der Waals surface area contributed by atoms with Gasteiger partial charge in [0, 0.05) is 14.2 Å². The largest absolute Gasteiger partial charge is 0.381 e. The Morgan fingerprint density at radius 1 is 0.914 bits per heavy atom. The molecule has 2 heteroatoms. The van der Waals surface area contributed by atoms with Gasteiger partial charge in [-0.05, 0) is 109 Å². The molecule has 8 atom stereocenters. The first-order valence-corrected chi connectivity index (χ1v) is 14.7. The third kappa shape index (κ3) is 3.94. The van der Waals surface area contributed by atoms with Gasteiger partial charge in [0.25, 0.3) is 0 Å². The average Bonchev–Trinajstić information content (AvgIpc) is 3.08. The van der Waals surface area contributed by atoms with Gasteiger partial charge in [-0.15, -0.1) is 0 Å². The average molecular weight is 485 g/mol. The van der Waals surface area contributed by atoms with E-state index in [0.29, 0.717) is 34.2 Å². The maximum Gasteiger partial charge on any atom is 0.0783 e. The van der Waals surface area contributed by atoms with Gasteiger partial charge in [0.15, 0.2) is 0 Å². The van der Waals surface area contributed by atoms with Crippen LogP contribution >= 0.6 is 0 Å². The van der Waals surface area contributed by atoms with Crippen molar-refractivity contribution in [3.63, 3.8) is 0 Å². The summed E-state index contributed by atoms with van der Waals surface area (Å²) in [6.07, 6.45) is 12.3. The van der Waals surface area contributed by atoms with Gasteiger partial charge in [0.2, 0.25) is 0 Å². The summed E-state index contributed by atoms with van der Waals surface area (Å²) in [7, 11) is 3.81. The predicted molar refractivity (Wildman–Crippen MR) is 148 cm³/mol. The van der Waals surface area contributed by atoms with E-state index in [1.165, 1.54) is 56.9 Å². The predicted octanol–water partition coefficient (Wildman–Crippen LogP) is 9.00. The van der Waals surface area contributed by atoms with Crippen molar-refractivity contribution in [3.05, 3.63) is 23.3 Å². The number of fused-ring (bicyclic) bond motifs is 4. The second-order valence-corrected chi connectivity index (χ2v) is 14.6. The normalized spacial score (nSPS) is 42.3. The van der Waals surface area contributed by atoms with E-state index in [9.17, 15) is 0 Å². The molecule has 0 aliphatic heterocycles. The van der Waals surface area contributed by atoms with E-state index in [2.05, 4.69) is 62.0 Å². The highest BCUT2D eigenvalue weighted by Gasteiger charge is 2.63. The summed E-state index contributed by atoms with van der Waals surface area (Å²) in [4.78, 5) is 0. The zero-order valence-electron chi connectivity index (χ0n) is 24.9. The second-order valence-electron chi connectivity index (χ2n) is 14.6. The molecule has 0 spiro atoms. The van der Waals surface area contributed by atoms with Gasteiger partial charge in [0.05, 0.1) is 12.2 Å². The molecule has 0 saturated heterocycles. The van der Waals surface area contributed by atoms with E-state index in [4.69, 9.17) is 9.47 Å². The standard InChI is InChI=1S/C33H56O2/c1-21(2)23(4)27(34-10)20-22(3)24-14-18-33(9)26-12-13-28-30(5,6)29(35-11)16-17-31(28,7)25(26)15-19-32(24,33)8/h21-22,24,27-29H,4,12-20H2,1-3,5-11H3/t22-,24-,27?,28+,29+,31-,32-,33+/m1/s1. The highest BCUT2D eigenvalue weighted by atomic mass is 16.5. The van der Waals surface area contributed by atoms with Crippen LogP contribution in [-0.2, 0) is 9.47 Å². The molecular weight excluding hydrogens is 428 g/mol. The van der Waals surface area contributed by atoms with E-state index in [-0.39, 0.29) is 11.5 Å². The molecule has 0 radical (unpaired) electrons. The molecule has 2 fully saturated rings. The molecular formula is C33H56O2. The fourth-order valence-electron chi connectivity index (χ4n) is 10.3. The Hall–Kier alpha value is -0.600. The van der Waals surface area contributed by atoms with E-state index >= 15 is 0 Å². The lowest BCUT2D eigenvalue weighted by atomic mass is 9.43. The van der Waals surface area contributed by atoms with Crippen molar-refractivity contribution in [3.8, 4) is 0 Å². The maximum atomic E-state index is 6.02. The van der Waals surface area contributed by atoms with Crippen LogP contribution in [0.1, 0.15) is 113 Å². The molecule has 2 saturated carbocycles. The second kappa shape index (κ2) is 9.30. The Bertz CT molecular complexity index is 851. The molecule has 0 aromatic carbocycles. The number of allylic oxidation sites excluding steroid dienone is 2. The zero-order valence-corrected chi connectivity index (χ0v) is 24.9. The number of hydrogen-bond acceptors (Lipinski definition) is 2. The van der Waals surface area contributed by atoms with Crippen LogP contribution in [0, 0.1) is 45.3 Å². The molecule has 4 rings (SSSR count). The number of ether oxygens (including phenoxy) is 2. The first-order chi connectivity index (χ1) is 16.3. The fourth-order valence-corrected chi connectivity index (χ4v) is 10.3. The Morgan fingerprint density at radius 3 is 2.20 bits per heavy atom. The van der Waals surface area contributed by atoms with Gasteiger partial charge < -0.3 is 9.47 Å². The highest BCUT2D eigenvalue weighted by Crippen LogP contribution is 2.72. The molecule has 0 amide bonds.